The van der Waals surface area contributed by atoms with Gasteiger partial charge >= 0.3 is 0 Å². The molecule has 106 valence electrons. The molecule has 0 saturated heterocycles. The smallest absolute Gasteiger partial charge is 0.211 e. The van der Waals surface area contributed by atoms with Crippen molar-refractivity contribution in [3.05, 3.63) is 28.2 Å². The van der Waals surface area contributed by atoms with Crippen LogP contribution in [0.1, 0.15) is 38.2 Å². The molecule has 19 heavy (non-hydrogen) atoms. The first-order valence-corrected chi connectivity index (χ1v) is 8.92. The molecule has 1 saturated carbocycles. The molecule has 0 amide bonds. The SMILES string of the molecule is CCC1(CNS(=O)(=O)c2ccc(C)cc2Br)CCC1. The van der Waals surface area contributed by atoms with E-state index in [9.17, 15) is 8.42 Å². The summed E-state index contributed by atoms with van der Waals surface area (Å²) in [5.74, 6) is 0. The van der Waals surface area contributed by atoms with E-state index in [1.807, 2.05) is 19.1 Å². The molecule has 0 unspecified atom stereocenters. The Hall–Kier alpha value is -0.390. The Bertz CT molecular complexity index is 559. The summed E-state index contributed by atoms with van der Waals surface area (Å²) in [6.07, 6.45) is 4.50. The Balaban J connectivity index is 2.14. The Morgan fingerprint density at radius 2 is 2.05 bits per heavy atom. The number of aryl methyl sites for hydroxylation is 1. The van der Waals surface area contributed by atoms with Crippen molar-refractivity contribution in [3.63, 3.8) is 0 Å². The molecule has 1 aromatic carbocycles. The summed E-state index contributed by atoms with van der Waals surface area (Å²) in [6.45, 7) is 4.62. The quantitative estimate of drug-likeness (QED) is 0.885. The average molecular weight is 346 g/mol. The van der Waals surface area contributed by atoms with Crippen LogP contribution in [-0.2, 0) is 10.0 Å². The molecule has 0 radical (unpaired) electrons. The molecule has 0 heterocycles. The van der Waals surface area contributed by atoms with Crippen LogP contribution >= 0.6 is 15.9 Å². The highest BCUT2D eigenvalue weighted by Crippen LogP contribution is 2.43. The zero-order valence-corrected chi connectivity index (χ0v) is 13.8. The van der Waals surface area contributed by atoms with Crippen LogP contribution in [0.5, 0.6) is 0 Å². The van der Waals surface area contributed by atoms with Gasteiger partial charge in [-0.1, -0.05) is 19.4 Å². The molecular formula is C14H20BrNO2S. The molecule has 0 bridgehead atoms. The second-order valence-corrected chi connectivity index (χ2v) is 8.06. The molecule has 3 nitrogen and oxygen atoms in total. The maximum absolute atomic E-state index is 12.3. The van der Waals surface area contributed by atoms with E-state index in [0.29, 0.717) is 15.9 Å². The van der Waals surface area contributed by atoms with Crippen molar-refractivity contribution < 1.29 is 8.42 Å². The van der Waals surface area contributed by atoms with E-state index in [4.69, 9.17) is 0 Å². The Morgan fingerprint density at radius 1 is 1.37 bits per heavy atom. The van der Waals surface area contributed by atoms with Crippen LogP contribution in [0.25, 0.3) is 0 Å². The van der Waals surface area contributed by atoms with E-state index in [1.54, 1.807) is 6.07 Å². The molecule has 1 aliphatic rings. The van der Waals surface area contributed by atoms with E-state index in [-0.39, 0.29) is 5.41 Å². The summed E-state index contributed by atoms with van der Waals surface area (Å²) in [5, 5.41) is 0. The van der Waals surface area contributed by atoms with Gasteiger partial charge in [0.15, 0.2) is 0 Å². The summed E-state index contributed by atoms with van der Waals surface area (Å²) in [6, 6.07) is 5.30. The highest BCUT2D eigenvalue weighted by Gasteiger charge is 2.36. The van der Waals surface area contributed by atoms with Crippen LogP contribution in [0.2, 0.25) is 0 Å². The second-order valence-electron chi connectivity index (χ2n) is 5.47. The van der Waals surface area contributed by atoms with Gasteiger partial charge in [0.05, 0.1) is 4.90 Å². The number of halogens is 1. The third kappa shape index (κ3) is 3.20. The lowest BCUT2D eigenvalue weighted by atomic mass is 9.67. The fraction of sp³-hybridized carbons (Fsp3) is 0.571. The van der Waals surface area contributed by atoms with Crippen LogP contribution in [0.15, 0.2) is 27.6 Å². The first-order valence-electron chi connectivity index (χ1n) is 6.64. The van der Waals surface area contributed by atoms with Crippen molar-refractivity contribution in [2.24, 2.45) is 5.41 Å². The standard InChI is InChI=1S/C14H20BrNO2S/c1-3-14(7-4-8-14)10-16-19(17,18)13-6-5-11(2)9-12(13)15/h5-6,9,16H,3-4,7-8,10H2,1-2H3. The van der Waals surface area contributed by atoms with Gasteiger partial charge in [-0.25, -0.2) is 13.1 Å². The normalized spacial score (nSPS) is 18.1. The molecule has 0 atom stereocenters. The predicted molar refractivity (Wildman–Crippen MR) is 80.6 cm³/mol. The predicted octanol–water partition coefficient (Wildman–Crippen LogP) is 3.62. The summed E-state index contributed by atoms with van der Waals surface area (Å²) in [5.41, 5.74) is 1.22. The topological polar surface area (TPSA) is 46.2 Å². The molecule has 0 aliphatic heterocycles. The van der Waals surface area contributed by atoms with Gasteiger partial charge in [0.1, 0.15) is 0 Å². The van der Waals surface area contributed by atoms with Crippen LogP contribution in [0, 0.1) is 12.3 Å². The number of nitrogens with one attached hydrogen (secondary N) is 1. The lowest BCUT2D eigenvalue weighted by Gasteiger charge is -2.41. The number of sulfonamides is 1. The van der Waals surface area contributed by atoms with E-state index < -0.39 is 10.0 Å². The third-order valence-electron chi connectivity index (χ3n) is 4.18. The molecule has 5 heteroatoms. The number of benzene rings is 1. The van der Waals surface area contributed by atoms with Crippen molar-refractivity contribution in [1.29, 1.82) is 0 Å². The molecule has 1 fully saturated rings. The minimum atomic E-state index is -3.42. The summed E-state index contributed by atoms with van der Waals surface area (Å²) in [4.78, 5) is 0.323. The maximum Gasteiger partial charge on any atom is 0.241 e. The van der Waals surface area contributed by atoms with Gasteiger partial charge in [0.25, 0.3) is 0 Å². The van der Waals surface area contributed by atoms with Crippen LogP contribution in [0.4, 0.5) is 0 Å². The number of rotatable bonds is 5. The lowest BCUT2D eigenvalue weighted by molar-refractivity contribution is 0.133. The zero-order valence-electron chi connectivity index (χ0n) is 11.4. The van der Waals surface area contributed by atoms with Gasteiger partial charge in [-0.2, -0.15) is 0 Å². The average Bonchev–Trinajstić information content (AvgIpc) is 2.27. The zero-order chi connectivity index (χ0) is 14.1. The van der Waals surface area contributed by atoms with Gasteiger partial charge in [-0.15, -0.1) is 0 Å². The van der Waals surface area contributed by atoms with Gasteiger partial charge in [-0.05, 0) is 65.2 Å². The lowest BCUT2D eigenvalue weighted by Crippen LogP contribution is -2.41. The van der Waals surface area contributed by atoms with Crippen molar-refractivity contribution in [2.75, 3.05) is 6.54 Å². The maximum atomic E-state index is 12.3. The minimum absolute atomic E-state index is 0.185. The molecule has 1 N–H and O–H groups in total. The Morgan fingerprint density at radius 3 is 2.53 bits per heavy atom. The largest absolute Gasteiger partial charge is 0.241 e. The molecule has 0 aromatic heterocycles. The van der Waals surface area contributed by atoms with Crippen molar-refractivity contribution >= 4 is 26.0 Å². The highest BCUT2D eigenvalue weighted by atomic mass is 79.9. The van der Waals surface area contributed by atoms with Crippen molar-refractivity contribution in [2.45, 2.75) is 44.4 Å². The Kier molecular flexibility index (Phi) is 4.38. The van der Waals surface area contributed by atoms with Gasteiger partial charge in [0, 0.05) is 11.0 Å². The van der Waals surface area contributed by atoms with Crippen LogP contribution in [-0.4, -0.2) is 15.0 Å². The monoisotopic (exact) mass is 345 g/mol. The van der Waals surface area contributed by atoms with Crippen molar-refractivity contribution in [1.82, 2.24) is 4.72 Å². The molecule has 1 aromatic rings. The Labute approximate surface area is 124 Å². The van der Waals surface area contributed by atoms with Crippen LogP contribution in [0.3, 0.4) is 0 Å². The van der Waals surface area contributed by atoms with E-state index in [0.717, 1.165) is 24.8 Å². The molecule has 1 aliphatic carbocycles. The fourth-order valence-electron chi connectivity index (χ4n) is 2.48. The van der Waals surface area contributed by atoms with Crippen molar-refractivity contribution in [3.8, 4) is 0 Å². The van der Waals surface area contributed by atoms with Gasteiger partial charge in [-0.3, -0.25) is 0 Å². The number of hydrogen-bond acceptors (Lipinski definition) is 2. The minimum Gasteiger partial charge on any atom is -0.211 e. The third-order valence-corrected chi connectivity index (χ3v) is 6.56. The van der Waals surface area contributed by atoms with Gasteiger partial charge in [0.2, 0.25) is 10.0 Å². The fourth-order valence-corrected chi connectivity index (χ4v) is 4.83. The summed E-state index contributed by atoms with van der Waals surface area (Å²) < 4.78 is 28.0. The van der Waals surface area contributed by atoms with Gasteiger partial charge < -0.3 is 0 Å². The van der Waals surface area contributed by atoms with E-state index >= 15 is 0 Å². The molecule has 2 rings (SSSR count). The van der Waals surface area contributed by atoms with E-state index in [2.05, 4.69) is 27.6 Å². The highest BCUT2D eigenvalue weighted by molar-refractivity contribution is 9.10. The summed E-state index contributed by atoms with van der Waals surface area (Å²) in [7, 11) is -3.42. The molecular weight excluding hydrogens is 326 g/mol. The molecule has 0 spiro atoms. The number of hydrogen-bond donors (Lipinski definition) is 1. The van der Waals surface area contributed by atoms with Crippen LogP contribution < -0.4 is 4.72 Å². The first-order chi connectivity index (χ1) is 8.88. The second kappa shape index (κ2) is 5.54. The van der Waals surface area contributed by atoms with E-state index in [1.165, 1.54) is 6.42 Å². The summed E-state index contributed by atoms with van der Waals surface area (Å²) >= 11 is 3.33. The first kappa shape index (κ1) is 15.0.